The maximum Gasteiger partial charge on any atom is 0.123 e. The van der Waals surface area contributed by atoms with Crippen LogP contribution >= 0.6 is 0 Å². The van der Waals surface area contributed by atoms with Crippen molar-refractivity contribution in [2.45, 2.75) is 19.5 Å². The molecule has 0 aliphatic carbocycles. The third-order valence-electron chi connectivity index (χ3n) is 2.76. The molecular weight excluding hydrogens is 214 g/mol. The standard InChI is InChI=1S/C13H17N3O/c1-10(14-9-11-7-8-15-16-11)12-5-3-4-6-13(12)17-2/h3-8,10,14H,9H2,1-2H3,(H,15,16)/t10-/m1/s1. The van der Waals surface area contributed by atoms with Gasteiger partial charge in [0.25, 0.3) is 0 Å². The first-order valence-electron chi connectivity index (χ1n) is 5.66. The molecule has 17 heavy (non-hydrogen) atoms. The lowest BCUT2D eigenvalue weighted by atomic mass is 10.1. The smallest absolute Gasteiger partial charge is 0.123 e. The summed E-state index contributed by atoms with van der Waals surface area (Å²) in [6.07, 6.45) is 1.75. The van der Waals surface area contributed by atoms with Crippen LogP contribution in [0.3, 0.4) is 0 Å². The number of rotatable bonds is 5. The molecule has 1 aromatic heterocycles. The Kier molecular flexibility index (Phi) is 3.77. The molecule has 1 heterocycles. The molecule has 0 amide bonds. The molecule has 0 unspecified atom stereocenters. The van der Waals surface area contributed by atoms with Crippen LogP contribution in [0.2, 0.25) is 0 Å². The molecule has 0 aliphatic heterocycles. The highest BCUT2D eigenvalue weighted by Gasteiger charge is 2.10. The number of aromatic amines is 1. The highest BCUT2D eigenvalue weighted by atomic mass is 16.5. The van der Waals surface area contributed by atoms with E-state index in [1.807, 2.05) is 24.3 Å². The van der Waals surface area contributed by atoms with E-state index < -0.39 is 0 Å². The summed E-state index contributed by atoms with van der Waals surface area (Å²) in [6.45, 7) is 2.88. The van der Waals surface area contributed by atoms with E-state index in [1.54, 1.807) is 13.3 Å². The van der Waals surface area contributed by atoms with Gasteiger partial charge in [-0.05, 0) is 19.1 Å². The van der Waals surface area contributed by atoms with E-state index >= 15 is 0 Å². The van der Waals surface area contributed by atoms with Crippen LogP contribution in [-0.2, 0) is 6.54 Å². The van der Waals surface area contributed by atoms with Gasteiger partial charge < -0.3 is 10.1 Å². The van der Waals surface area contributed by atoms with Crippen molar-refractivity contribution in [3.8, 4) is 5.75 Å². The summed E-state index contributed by atoms with van der Waals surface area (Å²) >= 11 is 0. The van der Waals surface area contributed by atoms with Crippen LogP contribution in [0.5, 0.6) is 5.75 Å². The van der Waals surface area contributed by atoms with Crippen LogP contribution < -0.4 is 10.1 Å². The van der Waals surface area contributed by atoms with Crippen molar-refractivity contribution in [1.82, 2.24) is 15.5 Å². The molecule has 1 atom stereocenters. The zero-order chi connectivity index (χ0) is 12.1. The summed E-state index contributed by atoms with van der Waals surface area (Å²) in [4.78, 5) is 0. The lowest BCUT2D eigenvalue weighted by Gasteiger charge is -2.16. The molecule has 0 radical (unpaired) electrons. The normalized spacial score (nSPS) is 12.4. The second kappa shape index (κ2) is 5.50. The maximum atomic E-state index is 5.34. The molecule has 0 saturated heterocycles. The van der Waals surface area contributed by atoms with Crippen molar-refractivity contribution < 1.29 is 4.74 Å². The number of methoxy groups -OCH3 is 1. The number of hydrogen-bond donors (Lipinski definition) is 2. The number of ether oxygens (including phenoxy) is 1. The number of hydrogen-bond acceptors (Lipinski definition) is 3. The Morgan fingerprint density at radius 2 is 2.18 bits per heavy atom. The minimum atomic E-state index is 0.231. The number of benzene rings is 1. The van der Waals surface area contributed by atoms with Gasteiger partial charge in [-0.2, -0.15) is 5.10 Å². The molecule has 1 aromatic carbocycles. The van der Waals surface area contributed by atoms with E-state index in [9.17, 15) is 0 Å². The number of nitrogens with one attached hydrogen (secondary N) is 2. The van der Waals surface area contributed by atoms with Crippen LogP contribution in [0.25, 0.3) is 0 Å². The average molecular weight is 231 g/mol. The van der Waals surface area contributed by atoms with Crippen LogP contribution in [-0.4, -0.2) is 17.3 Å². The fraction of sp³-hybridized carbons (Fsp3) is 0.308. The molecule has 2 rings (SSSR count). The summed E-state index contributed by atoms with van der Waals surface area (Å²) in [5, 5.41) is 10.3. The van der Waals surface area contributed by atoms with Crippen molar-refractivity contribution >= 4 is 0 Å². The summed E-state index contributed by atoms with van der Waals surface area (Å²) in [6, 6.07) is 10.2. The summed E-state index contributed by atoms with van der Waals surface area (Å²) < 4.78 is 5.34. The van der Waals surface area contributed by atoms with Gasteiger partial charge in [-0.1, -0.05) is 18.2 Å². The molecule has 4 heteroatoms. The third kappa shape index (κ3) is 2.85. The minimum absolute atomic E-state index is 0.231. The molecular formula is C13H17N3O. The Balaban J connectivity index is 2.01. The van der Waals surface area contributed by atoms with E-state index in [0.717, 1.165) is 23.6 Å². The highest BCUT2D eigenvalue weighted by Crippen LogP contribution is 2.24. The van der Waals surface area contributed by atoms with Crippen molar-refractivity contribution in [2.75, 3.05) is 7.11 Å². The quantitative estimate of drug-likeness (QED) is 0.830. The molecule has 0 fully saturated rings. The molecule has 0 aliphatic rings. The van der Waals surface area contributed by atoms with Gasteiger partial charge in [-0.3, -0.25) is 5.10 Å². The zero-order valence-corrected chi connectivity index (χ0v) is 10.1. The van der Waals surface area contributed by atoms with Gasteiger partial charge in [0.1, 0.15) is 5.75 Å². The first-order valence-corrected chi connectivity index (χ1v) is 5.66. The predicted octanol–water partition coefficient (Wildman–Crippen LogP) is 2.27. The average Bonchev–Trinajstić information content (AvgIpc) is 2.89. The number of H-pyrrole nitrogens is 1. The second-order valence-corrected chi connectivity index (χ2v) is 3.93. The van der Waals surface area contributed by atoms with E-state index in [1.165, 1.54) is 0 Å². The van der Waals surface area contributed by atoms with E-state index in [2.05, 4.69) is 28.5 Å². The molecule has 0 spiro atoms. The minimum Gasteiger partial charge on any atom is -0.496 e. The summed E-state index contributed by atoms with van der Waals surface area (Å²) in [5.41, 5.74) is 2.24. The Bertz CT molecular complexity index is 453. The molecule has 0 saturated carbocycles. The van der Waals surface area contributed by atoms with Crippen molar-refractivity contribution in [2.24, 2.45) is 0 Å². The van der Waals surface area contributed by atoms with Crippen LogP contribution in [0.1, 0.15) is 24.2 Å². The number of para-hydroxylation sites is 1. The molecule has 4 nitrogen and oxygen atoms in total. The lowest BCUT2D eigenvalue weighted by molar-refractivity contribution is 0.401. The van der Waals surface area contributed by atoms with Crippen molar-refractivity contribution in [3.63, 3.8) is 0 Å². The number of nitrogens with zero attached hydrogens (tertiary/aromatic N) is 1. The van der Waals surface area contributed by atoms with Gasteiger partial charge >= 0.3 is 0 Å². The highest BCUT2D eigenvalue weighted by molar-refractivity contribution is 5.35. The summed E-state index contributed by atoms with van der Waals surface area (Å²) in [7, 11) is 1.69. The topological polar surface area (TPSA) is 49.9 Å². The van der Waals surface area contributed by atoms with Crippen molar-refractivity contribution in [1.29, 1.82) is 0 Å². The van der Waals surface area contributed by atoms with E-state index in [4.69, 9.17) is 4.74 Å². The molecule has 2 N–H and O–H groups in total. The third-order valence-corrected chi connectivity index (χ3v) is 2.76. The molecule has 90 valence electrons. The fourth-order valence-corrected chi connectivity index (χ4v) is 1.78. The SMILES string of the molecule is COc1ccccc1[C@@H](C)NCc1ccn[nH]1. The maximum absolute atomic E-state index is 5.34. The van der Waals surface area contributed by atoms with Crippen molar-refractivity contribution in [3.05, 3.63) is 47.8 Å². The Morgan fingerprint density at radius 1 is 1.35 bits per heavy atom. The fourth-order valence-electron chi connectivity index (χ4n) is 1.78. The Hall–Kier alpha value is -1.81. The molecule has 0 bridgehead atoms. The van der Waals surface area contributed by atoms with E-state index in [-0.39, 0.29) is 6.04 Å². The number of aromatic nitrogens is 2. The Morgan fingerprint density at radius 3 is 2.88 bits per heavy atom. The van der Waals surface area contributed by atoms with Gasteiger partial charge in [0.05, 0.1) is 7.11 Å². The Labute approximate surface area is 101 Å². The largest absolute Gasteiger partial charge is 0.496 e. The predicted molar refractivity (Wildman–Crippen MR) is 66.8 cm³/mol. The van der Waals surface area contributed by atoms with Crippen LogP contribution in [0.15, 0.2) is 36.5 Å². The van der Waals surface area contributed by atoms with Gasteiger partial charge in [-0.25, -0.2) is 0 Å². The zero-order valence-electron chi connectivity index (χ0n) is 10.1. The lowest BCUT2D eigenvalue weighted by Crippen LogP contribution is -2.18. The van der Waals surface area contributed by atoms with Crippen LogP contribution in [0.4, 0.5) is 0 Å². The van der Waals surface area contributed by atoms with Gasteiger partial charge in [0.2, 0.25) is 0 Å². The first-order chi connectivity index (χ1) is 8.31. The van der Waals surface area contributed by atoms with Gasteiger partial charge in [0.15, 0.2) is 0 Å². The summed E-state index contributed by atoms with van der Waals surface area (Å²) in [5.74, 6) is 0.914. The monoisotopic (exact) mass is 231 g/mol. The van der Waals surface area contributed by atoms with Gasteiger partial charge in [-0.15, -0.1) is 0 Å². The second-order valence-electron chi connectivity index (χ2n) is 3.93. The van der Waals surface area contributed by atoms with E-state index in [0.29, 0.717) is 0 Å². The first kappa shape index (κ1) is 11.7. The van der Waals surface area contributed by atoms with Crippen LogP contribution in [0, 0.1) is 0 Å². The molecule has 2 aromatic rings. The van der Waals surface area contributed by atoms with Gasteiger partial charge in [0, 0.05) is 30.0 Å².